The first-order chi connectivity index (χ1) is 14.9. The molecule has 0 saturated carbocycles. The molecule has 0 fully saturated rings. The molecular weight excluding hydrogens is 420 g/mol. The van der Waals surface area contributed by atoms with Gasteiger partial charge < -0.3 is 20.5 Å². The maximum absolute atomic E-state index is 12.6. The van der Waals surface area contributed by atoms with E-state index in [1.54, 1.807) is 38.3 Å². The topological polar surface area (TPSA) is 114 Å². The number of halogens is 1. The number of urea groups is 1. The summed E-state index contributed by atoms with van der Waals surface area (Å²) < 4.78 is 5.20. The highest BCUT2D eigenvalue weighted by molar-refractivity contribution is 6.30. The van der Waals surface area contributed by atoms with Crippen LogP contribution in [0.5, 0.6) is 5.75 Å². The fourth-order valence-electron chi connectivity index (χ4n) is 2.85. The average Bonchev–Trinajstić information content (AvgIpc) is 3.23. The number of rotatable bonds is 9. The molecule has 3 rings (SSSR count). The number of carbonyl (C=O) groups is 1. The standard InChI is InChI=1S/C21H25ClN6O3/c1-14(29)11-12-28-26-20(25-27-28)19(13-15-3-9-18(31-2)10-4-15)24-21(30)23-17-7-5-16(22)6-8-17/h3-10,14,19,29H,11-13H2,1-2H3,(H2,23,24,30). The fourth-order valence-corrected chi connectivity index (χ4v) is 2.98. The van der Waals surface area contributed by atoms with E-state index in [9.17, 15) is 9.90 Å². The van der Waals surface area contributed by atoms with E-state index in [0.717, 1.165) is 11.3 Å². The first-order valence-electron chi connectivity index (χ1n) is 9.84. The Hall–Kier alpha value is -3.17. The molecule has 0 aliphatic heterocycles. The summed E-state index contributed by atoms with van der Waals surface area (Å²) in [4.78, 5) is 14.0. The van der Waals surface area contributed by atoms with Gasteiger partial charge in [0.1, 0.15) is 5.75 Å². The van der Waals surface area contributed by atoms with Gasteiger partial charge in [0.25, 0.3) is 0 Å². The Balaban J connectivity index is 1.74. The van der Waals surface area contributed by atoms with Crippen molar-refractivity contribution in [3.8, 4) is 5.75 Å². The normalized spacial score (nSPS) is 12.8. The van der Waals surface area contributed by atoms with E-state index in [0.29, 0.717) is 35.9 Å². The number of anilines is 1. The molecule has 1 heterocycles. The second-order valence-electron chi connectivity index (χ2n) is 7.09. The van der Waals surface area contributed by atoms with Crippen LogP contribution >= 0.6 is 11.6 Å². The summed E-state index contributed by atoms with van der Waals surface area (Å²) >= 11 is 5.89. The van der Waals surface area contributed by atoms with Gasteiger partial charge in [0.2, 0.25) is 0 Å². The summed E-state index contributed by atoms with van der Waals surface area (Å²) in [7, 11) is 1.61. The number of hydrogen-bond donors (Lipinski definition) is 3. The Labute approximate surface area is 185 Å². The molecule has 2 amide bonds. The monoisotopic (exact) mass is 444 g/mol. The molecule has 2 atom stereocenters. The summed E-state index contributed by atoms with van der Waals surface area (Å²) in [5.41, 5.74) is 1.58. The van der Waals surface area contributed by atoms with Crippen LogP contribution in [0.25, 0.3) is 0 Å². The van der Waals surface area contributed by atoms with Crippen molar-refractivity contribution in [1.29, 1.82) is 0 Å². The number of aliphatic hydroxyl groups is 1. The largest absolute Gasteiger partial charge is 0.497 e. The van der Waals surface area contributed by atoms with Crippen molar-refractivity contribution in [2.75, 3.05) is 12.4 Å². The Morgan fingerprint density at radius 3 is 2.55 bits per heavy atom. The number of methoxy groups -OCH3 is 1. The molecule has 10 heteroatoms. The summed E-state index contributed by atoms with van der Waals surface area (Å²) in [5.74, 6) is 1.13. The lowest BCUT2D eigenvalue weighted by molar-refractivity contribution is 0.173. The molecule has 3 aromatic rings. The molecule has 0 saturated heterocycles. The lowest BCUT2D eigenvalue weighted by atomic mass is 10.1. The second kappa shape index (κ2) is 10.7. The van der Waals surface area contributed by atoms with Crippen LogP contribution in [0.15, 0.2) is 48.5 Å². The van der Waals surface area contributed by atoms with Crippen molar-refractivity contribution in [2.24, 2.45) is 0 Å². The van der Waals surface area contributed by atoms with Crippen LogP contribution in [0.1, 0.15) is 30.8 Å². The highest BCUT2D eigenvalue weighted by Gasteiger charge is 2.21. The van der Waals surface area contributed by atoms with Gasteiger partial charge in [0.05, 0.1) is 25.8 Å². The highest BCUT2D eigenvalue weighted by Crippen LogP contribution is 2.19. The summed E-state index contributed by atoms with van der Waals surface area (Å²) in [6, 6.07) is 13.5. The van der Waals surface area contributed by atoms with Crippen molar-refractivity contribution < 1.29 is 14.6 Å². The van der Waals surface area contributed by atoms with Gasteiger partial charge >= 0.3 is 6.03 Å². The molecule has 0 radical (unpaired) electrons. The Kier molecular flexibility index (Phi) is 7.80. The van der Waals surface area contributed by atoms with Gasteiger partial charge in [0, 0.05) is 17.1 Å². The van der Waals surface area contributed by atoms with Crippen molar-refractivity contribution in [2.45, 2.75) is 38.5 Å². The van der Waals surface area contributed by atoms with Crippen molar-refractivity contribution in [1.82, 2.24) is 25.5 Å². The number of aliphatic hydroxyl groups excluding tert-OH is 1. The van der Waals surface area contributed by atoms with E-state index in [4.69, 9.17) is 16.3 Å². The van der Waals surface area contributed by atoms with E-state index in [1.165, 1.54) is 4.80 Å². The minimum atomic E-state index is -0.513. The molecule has 0 aliphatic carbocycles. The predicted octanol–water partition coefficient (Wildman–Crippen LogP) is 3.21. The first-order valence-corrected chi connectivity index (χ1v) is 10.2. The van der Waals surface area contributed by atoms with E-state index >= 15 is 0 Å². The van der Waals surface area contributed by atoms with Crippen LogP contribution in [0, 0.1) is 0 Å². The number of ether oxygens (including phenoxy) is 1. The zero-order valence-electron chi connectivity index (χ0n) is 17.3. The number of tetrazole rings is 1. The zero-order chi connectivity index (χ0) is 22.2. The van der Waals surface area contributed by atoms with E-state index in [2.05, 4.69) is 26.0 Å². The molecule has 2 unspecified atom stereocenters. The molecule has 3 N–H and O–H groups in total. The van der Waals surface area contributed by atoms with Crippen LogP contribution in [0.4, 0.5) is 10.5 Å². The first kappa shape index (κ1) is 22.5. The van der Waals surface area contributed by atoms with E-state index < -0.39 is 18.2 Å². The zero-order valence-corrected chi connectivity index (χ0v) is 18.1. The van der Waals surface area contributed by atoms with Crippen LogP contribution in [-0.4, -0.2) is 44.6 Å². The smallest absolute Gasteiger partial charge is 0.319 e. The lowest BCUT2D eigenvalue weighted by Crippen LogP contribution is -2.34. The Bertz CT molecular complexity index is 976. The van der Waals surface area contributed by atoms with Gasteiger partial charge in [-0.15, -0.1) is 10.2 Å². The number of nitrogens with one attached hydrogen (secondary N) is 2. The quantitative estimate of drug-likeness (QED) is 0.467. The average molecular weight is 445 g/mol. The van der Waals surface area contributed by atoms with Crippen LogP contribution in [0.2, 0.25) is 5.02 Å². The maximum atomic E-state index is 12.6. The van der Waals surface area contributed by atoms with Gasteiger partial charge in [-0.1, -0.05) is 23.7 Å². The molecular formula is C21H25ClN6O3. The molecule has 0 spiro atoms. The second-order valence-corrected chi connectivity index (χ2v) is 7.53. The maximum Gasteiger partial charge on any atom is 0.319 e. The van der Waals surface area contributed by atoms with Crippen LogP contribution in [-0.2, 0) is 13.0 Å². The molecule has 31 heavy (non-hydrogen) atoms. The van der Waals surface area contributed by atoms with E-state index in [-0.39, 0.29) is 0 Å². The van der Waals surface area contributed by atoms with Gasteiger partial charge in [-0.05, 0) is 60.5 Å². The molecule has 0 aliphatic rings. The van der Waals surface area contributed by atoms with Crippen molar-refractivity contribution in [3.05, 3.63) is 64.9 Å². The predicted molar refractivity (Wildman–Crippen MR) is 117 cm³/mol. The Morgan fingerprint density at radius 2 is 1.90 bits per heavy atom. The summed E-state index contributed by atoms with van der Waals surface area (Å²) in [6.45, 7) is 2.13. The van der Waals surface area contributed by atoms with Crippen molar-refractivity contribution >= 4 is 23.3 Å². The number of aryl methyl sites for hydroxylation is 1. The molecule has 0 bridgehead atoms. The number of carbonyl (C=O) groups excluding carboxylic acids is 1. The van der Waals surface area contributed by atoms with Gasteiger partial charge in [-0.25, -0.2) is 4.79 Å². The highest BCUT2D eigenvalue weighted by atomic mass is 35.5. The number of aromatic nitrogens is 4. The third-order valence-electron chi connectivity index (χ3n) is 4.53. The molecule has 9 nitrogen and oxygen atoms in total. The van der Waals surface area contributed by atoms with Crippen molar-refractivity contribution in [3.63, 3.8) is 0 Å². The lowest BCUT2D eigenvalue weighted by Gasteiger charge is -2.16. The van der Waals surface area contributed by atoms with Crippen LogP contribution in [0.3, 0.4) is 0 Å². The minimum absolute atomic E-state index is 0.382. The fraction of sp³-hybridized carbons (Fsp3) is 0.333. The van der Waals surface area contributed by atoms with E-state index in [1.807, 2.05) is 24.3 Å². The number of nitrogens with zero attached hydrogens (tertiary/aromatic N) is 4. The summed E-state index contributed by atoms with van der Waals surface area (Å²) in [6.07, 6.45) is 0.497. The number of hydrogen-bond acceptors (Lipinski definition) is 6. The minimum Gasteiger partial charge on any atom is -0.497 e. The van der Waals surface area contributed by atoms with Gasteiger partial charge in [0.15, 0.2) is 5.82 Å². The number of benzene rings is 2. The Morgan fingerprint density at radius 1 is 1.19 bits per heavy atom. The number of amides is 2. The SMILES string of the molecule is COc1ccc(CC(NC(=O)Nc2ccc(Cl)cc2)c2nnn(CCC(C)O)n2)cc1. The molecule has 164 valence electrons. The third-order valence-corrected chi connectivity index (χ3v) is 4.79. The van der Waals surface area contributed by atoms with Gasteiger partial charge in [-0.2, -0.15) is 4.80 Å². The molecule has 1 aromatic heterocycles. The third kappa shape index (κ3) is 6.94. The van der Waals surface area contributed by atoms with Crippen LogP contribution < -0.4 is 15.4 Å². The molecule has 2 aromatic carbocycles. The summed E-state index contributed by atoms with van der Waals surface area (Å²) in [5, 5.41) is 28.3. The van der Waals surface area contributed by atoms with Gasteiger partial charge in [-0.3, -0.25) is 0 Å².